The molecule has 0 atom stereocenters. The van der Waals surface area contributed by atoms with Gasteiger partial charge in [-0.3, -0.25) is 4.79 Å². The summed E-state index contributed by atoms with van der Waals surface area (Å²) in [5, 5.41) is 0.352. The van der Waals surface area contributed by atoms with Crippen LogP contribution in [0.25, 0.3) is 0 Å². The molecule has 1 heterocycles. The van der Waals surface area contributed by atoms with Gasteiger partial charge in [-0.2, -0.15) is 0 Å². The average molecular weight is 249 g/mol. The fourth-order valence-electron chi connectivity index (χ4n) is 0.798. The molecule has 1 aromatic heterocycles. The van der Waals surface area contributed by atoms with Crippen LogP contribution >= 0.6 is 27.5 Å². The van der Waals surface area contributed by atoms with E-state index in [2.05, 4.69) is 32.6 Å². The molecule has 0 aromatic carbocycles. The van der Waals surface area contributed by atoms with E-state index in [1.165, 1.54) is 0 Å². The van der Waals surface area contributed by atoms with Crippen molar-refractivity contribution in [3.05, 3.63) is 20.9 Å². The van der Waals surface area contributed by atoms with Gasteiger partial charge < -0.3 is 4.98 Å². The standard InChI is InChI=1S/C7H6BrClN2O/c1-3-4(8)5(9)6(11-3)7(12)10-2/h11H,2H2,1H3. The van der Waals surface area contributed by atoms with Crippen LogP contribution in [-0.2, 0) is 0 Å². The van der Waals surface area contributed by atoms with Gasteiger partial charge in [0.15, 0.2) is 0 Å². The Kier molecular flexibility index (Phi) is 2.69. The third kappa shape index (κ3) is 1.44. The van der Waals surface area contributed by atoms with E-state index in [-0.39, 0.29) is 5.69 Å². The summed E-state index contributed by atoms with van der Waals surface area (Å²) >= 11 is 9.02. The number of aliphatic imine (C=N–C) groups is 1. The molecule has 1 N–H and O–H groups in total. The number of nitrogens with zero attached hydrogens (tertiary/aromatic N) is 1. The van der Waals surface area contributed by atoms with Crippen molar-refractivity contribution in [1.29, 1.82) is 0 Å². The first kappa shape index (κ1) is 9.48. The van der Waals surface area contributed by atoms with Gasteiger partial charge >= 0.3 is 0 Å². The molecule has 0 spiro atoms. The number of hydrogen-bond donors (Lipinski definition) is 1. The molecule has 3 nitrogen and oxygen atoms in total. The Hall–Kier alpha value is -0.610. The maximum Gasteiger partial charge on any atom is 0.294 e. The van der Waals surface area contributed by atoms with Crippen LogP contribution in [0.4, 0.5) is 0 Å². The lowest BCUT2D eigenvalue weighted by Crippen LogP contribution is -1.94. The fraction of sp³-hybridized carbons (Fsp3) is 0.143. The van der Waals surface area contributed by atoms with Crippen molar-refractivity contribution in [2.75, 3.05) is 0 Å². The van der Waals surface area contributed by atoms with Crippen LogP contribution in [0.5, 0.6) is 0 Å². The lowest BCUT2D eigenvalue weighted by molar-refractivity contribution is 0.1000. The fourth-order valence-corrected chi connectivity index (χ4v) is 1.37. The molecule has 0 fully saturated rings. The van der Waals surface area contributed by atoms with Crippen molar-refractivity contribution in [3.63, 3.8) is 0 Å². The van der Waals surface area contributed by atoms with Gasteiger partial charge in [-0.1, -0.05) is 11.6 Å². The molecule has 64 valence electrons. The molecular weight excluding hydrogens is 243 g/mol. The monoisotopic (exact) mass is 248 g/mol. The van der Waals surface area contributed by atoms with Crippen LogP contribution in [0.1, 0.15) is 16.2 Å². The first-order valence-corrected chi connectivity index (χ1v) is 4.29. The third-order valence-corrected chi connectivity index (χ3v) is 3.01. The number of aryl methyl sites for hydroxylation is 1. The number of amides is 1. The number of H-pyrrole nitrogens is 1. The van der Waals surface area contributed by atoms with E-state index in [4.69, 9.17) is 11.6 Å². The Bertz CT molecular complexity index is 345. The van der Waals surface area contributed by atoms with Crippen LogP contribution in [0.3, 0.4) is 0 Å². The minimum absolute atomic E-state index is 0.274. The van der Waals surface area contributed by atoms with Gasteiger partial charge in [0, 0.05) is 5.69 Å². The summed E-state index contributed by atoms with van der Waals surface area (Å²) in [5.74, 6) is -0.450. The van der Waals surface area contributed by atoms with Crippen LogP contribution in [0.15, 0.2) is 9.47 Å². The number of aromatic amines is 1. The largest absolute Gasteiger partial charge is 0.352 e. The molecule has 1 rings (SSSR count). The second-order valence-electron chi connectivity index (χ2n) is 2.22. The van der Waals surface area contributed by atoms with E-state index in [9.17, 15) is 4.79 Å². The topological polar surface area (TPSA) is 45.2 Å². The molecule has 0 aliphatic carbocycles. The predicted octanol–water partition coefficient (Wildman–Crippen LogP) is 2.58. The van der Waals surface area contributed by atoms with E-state index in [1.807, 2.05) is 0 Å². The van der Waals surface area contributed by atoms with Gasteiger partial charge in [-0.25, -0.2) is 4.99 Å². The van der Waals surface area contributed by atoms with Gasteiger partial charge in [-0.15, -0.1) is 0 Å². The van der Waals surface area contributed by atoms with E-state index in [0.717, 1.165) is 5.69 Å². The number of halogens is 2. The van der Waals surface area contributed by atoms with Gasteiger partial charge in [0.25, 0.3) is 5.91 Å². The molecule has 1 amide bonds. The summed E-state index contributed by atoms with van der Waals surface area (Å²) in [6, 6.07) is 0. The zero-order valence-corrected chi connectivity index (χ0v) is 8.66. The first-order chi connectivity index (χ1) is 5.57. The molecule has 0 bridgehead atoms. The van der Waals surface area contributed by atoms with Crippen molar-refractivity contribution in [2.24, 2.45) is 4.99 Å². The van der Waals surface area contributed by atoms with Crippen molar-refractivity contribution in [1.82, 2.24) is 4.98 Å². The number of rotatable bonds is 1. The molecule has 0 saturated heterocycles. The van der Waals surface area contributed by atoms with Gasteiger partial charge in [0.05, 0.1) is 9.50 Å². The number of nitrogens with one attached hydrogen (secondary N) is 1. The summed E-state index contributed by atoms with van der Waals surface area (Å²) in [5.41, 5.74) is 1.07. The SMILES string of the molecule is C=NC(=O)c1[nH]c(C)c(Br)c1Cl. The normalized spacial score (nSPS) is 9.92. The highest BCUT2D eigenvalue weighted by Gasteiger charge is 2.15. The van der Waals surface area contributed by atoms with Gasteiger partial charge in [0.2, 0.25) is 0 Å². The van der Waals surface area contributed by atoms with Crippen molar-refractivity contribution >= 4 is 40.2 Å². The van der Waals surface area contributed by atoms with E-state index < -0.39 is 5.91 Å². The van der Waals surface area contributed by atoms with Crippen molar-refractivity contribution < 1.29 is 4.79 Å². The molecule has 1 aromatic rings. The number of carbonyl (C=O) groups excluding carboxylic acids is 1. The zero-order valence-electron chi connectivity index (χ0n) is 6.32. The lowest BCUT2D eigenvalue weighted by Gasteiger charge is -1.88. The summed E-state index contributed by atoms with van der Waals surface area (Å²) in [4.78, 5) is 17.1. The summed E-state index contributed by atoms with van der Waals surface area (Å²) in [6.45, 7) is 4.92. The minimum atomic E-state index is -0.450. The Morgan fingerprint density at radius 1 is 1.75 bits per heavy atom. The van der Waals surface area contributed by atoms with Crippen LogP contribution in [0, 0.1) is 6.92 Å². The third-order valence-electron chi connectivity index (χ3n) is 1.41. The lowest BCUT2D eigenvalue weighted by atomic mass is 10.4. The molecule has 0 aliphatic rings. The minimum Gasteiger partial charge on any atom is -0.352 e. The quantitative estimate of drug-likeness (QED) is 0.764. The molecular formula is C7H6BrClN2O. The van der Waals surface area contributed by atoms with Gasteiger partial charge in [0.1, 0.15) is 5.69 Å². The Balaban J connectivity index is 3.26. The zero-order chi connectivity index (χ0) is 9.30. The smallest absolute Gasteiger partial charge is 0.294 e. The van der Waals surface area contributed by atoms with Gasteiger partial charge in [-0.05, 0) is 29.6 Å². The van der Waals surface area contributed by atoms with Crippen LogP contribution in [-0.4, -0.2) is 17.6 Å². The molecule has 0 radical (unpaired) electrons. The molecule has 0 saturated carbocycles. The molecule has 0 aliphatic heterocycles. The maximum atomic E-state index is 11.0. The Morgan fingerprint density at radius 2 is 2.33 bits per heavy atom. The summed E-state index contributed by atoms with van der Waals surface area (Å²) in [7, 11) is 0. The van der Waals surface area contributed by atoms with Crippen LogP contribution < -0.4 is 0 Å². The predicted molar refractivity (Wildman–Crippen MR) is 52.1 cm³/mol. The molecule has 0 unspecified atom stereocenters. The Labute approximate surface area is 83.0 Å². The number of carbonyl (C=O) groups is 1. The van der Waals surface area contributed by atoms with Crippen molar-refractivity contribution in [2.45, 2.75) is 6.92 Å². The van der Waals surface area contributed by atoms with Crippen LogP contribution in [0.2, 0.25) is 5.02 Å². The second kappa shape index (κ2) is 3.41. The summed E-state index contributed by atoms with van der Waals surface area (Å²) in [6.07, 6.45) is 0. The van der Waals surface area contributed by atoms with E-state index >= 15 is 0 Å². The molecule has 12 heavy (non-hydrogen) atoms. The first-order valence-electron chi connectivity index (χ1n) is 3.12. The highest BCUT2D eigenvalue weighted by atomic mass is 79.9. The van der Waals surface area contributed by atoms with Crippen molar-refractivity contribution in [3.8, 4) is 0 Å². The number of hydrogen-bond acceptors (Lipinski definition) is 1. The van der Waals surface area contributed by atoms with E-state index in [1.54, 1.807) is 6.92 Å². The maximum absolute atomic E-state index is 11.0. The highest BCUT2D eigenvalue weighted by Crippen LogP contribution is 2.29. The highest BCUT2D eigenvalue weighted by molar-refractivity contribution is 9.10. The molecule has 5 heteroatoms. The second-order valence-corrected chi connectivity index (χ2v) is 3.39. The number of aromatic nitrogens is 1. The van der Waals surface area contributed by atoms with E-state index in [0.29, 0.717) is 9.50 Å². The Morgan fingerprint density at radius 3 is 2.67 bits per heavy atom. The summed E-state index contributed by atoms with van der Waals surface area (Å²) < 4.78 is 0.691. The average Bonchev–Trinajstić information content (AvgIpc) is 2.32.